The number of phenols is 1. The van der Waals surface area contributed by atoms with Gasteiger partial charge < -0.3 is 20.7 Å². The van der Waals surface area contributed by atoms with E-state index in [9.17, 15) is 15.0 Å². The molecule has 0 saturated carbocycles. The Morgan fingerprint density at radius 3 is 2.79 bits per heavy atom. The number of para-hydroxylation sites is 2. The van der Waals surface area contributed by atoms with Gasteiger partial charge in [0.25, 0.3) is 0 Å². The molecule has 0 aromatic heterocycles. The van der Waals surface area contributed by atoms with Gasteiger partial charge in [0.2, 0.25) is 0 Å². The number of nitrogens with zero attached hydrogens (tertiary/aromatic N) is 1. The van der Waals surface area contributed by atoms with E-state index in [0.717, 1.165) is 0 Å². The van der Waals surface area contributed by atoms with E-state index in [-0.39, 0.29) is 18.9 Å². The largest absolute Gasteiger partial charge is 0.504 e. The van der Waals surface area contributed by atoms with Crippen LogP contribution in [-0.2, 0) is 0 Å². The maximum atomic E-state index is 10.7. The molecule has 1 unspecified atom stereocenters. The van der Waals surface area contributed by atoms with Gasteiger partial charge in [-0.3, -0.25) is 5.43 Å². The fourth-order valence-corrected chi connectivity index (χ4v) is 1.48. The number of aromatic hydroxyl groups is 1. The normalized spacial score (nSPS) is 12.2. The molecule has 0 spiro atoms. The number of aliphatic hydroxyl groups excluding tert-OH is 1. The highest BCUT2D eigenvalue weighted by Crippen LogP contribution is 2.24. The number of amides is 2. The number of nitrogens with two attached hydrogens (primary N) is 1. The molecule has 0 aliphatic carbocycles. The Hall–Kier alpha value is -1.99. The number of aliphatic hydroxyl groups is 1. The number of rotatable bonds is 7. The third kappa shape index (κ3) is 5.45. The van der Waals surface area contributed by atoms with Crippen molar-refractivity contribution in [1.29, 1.82) is 0 Å². The topological polar surface area (TPSA) is 108 Å². The molecule has 106 valence electrons. The van der Waals surface area contributed by atoms with Crippen LogP contribution in [0.3, 0.4) is 0 Å². The van der Waals surface area contributed by atoms with E-state index in [1.54, 1.807) is 18.2 Å². The smallest absolute Gasteiger partial charge is 0.326 e. The van der Waals surface area contributed by atoms with Crippen molar-refractivity contribution in [3.63, 3.8) is 0 Å². The zero-order valence-electron chi connectivity index (χ0n) is 10.7. The number of likely N-dealkylation sites (N-methyl/N-ethyl adjacent to an activating group) is 1. The lowest BCUT2D eigenvalue weighted by atomic mass is 10.3. The van der Waals surface area contributed by atoms with Gasteiger partial charge in [-0.25, -0.2) is 9.80 Å². The summed E-state index contributed by atoms with van der Waals surface area (Å²) >= 11 is 0. The molecule has 0 aliphatic rings. The average molecular weight is 269 g/mol. The maximum Gasteiger partial charge on any atom is 0.326 e. The Morgan fingerprint density at radius 1 is 1.53 bits per heavy atom. The molecule has 7 heteroatoms. The number of primary amides is 1. The summed E-state index contributed by atoms with van der Waals surface area (Å²) in [6, 6.07) is 5.80. The molecule has 2 amide bonds. The lowest BCUT2D eigenvalue weighted by Gasteiger charge is -2.23. The SMILES string of the molecule is CCN(CC(O)COc1ccccc1O)NC(N)=O. The van der Waals surface area contributed by atoms with Crippen LogP contribution in [0.15, 0.2) is 24.3 Å². The second-order valence-corrected chi connectivity index (χ2v) is 3.95. The molecule has 0 aliphatic heterocycles. The molecule has 0 radical (unpaired) electrons. The van der Waals surface area contributed by atoms with Gasteiger partial charge in [-0.05, 0) is 12.1 Å². The molecule has 0 bridgehead atoms. The Bertz CT molecular complexity index is 414. The molecule has 5 N–H and O–H groups in total. The monoisotopic (exact) mass is 269 g/mol. The second kappa shape index (κ2) is 7.45. The number of hydrogen-bond donors (Lipinski definition) is 4. The number of carbonyl (C=O) groups excluding carboxylic acids is 1. The van der Waals surface area contributed by atoms with E-state index < -0.39 is 12.1 Å². The van der Waals surface area contributed by atoms with E-state index in [4.69, 9.17) is 10.5 Å². The second-order valence-electron chi connectivity index (χ2n) is 3.95. The molecule has 0 fully saturated rings. The molecular weight excluding hydrogens is 250 g/mol. The fourth-order valence-electron chi connectivity index (χ4n) is 1.48. The lowest BCUT2D eigenvalue weighted by Crippen LogP contribution is -2.48. The van der Waals surface area contributed by atoms with Gasteiger partial charge in [-0.15, -0.1) is 0 Å². The number of benzene rings is 1. The Kier molecular flexibility index (Phi) is 5.91. The van der Waals surface area contributed by atoms with Crippen LogP contribution in [-0.4, -0.2) is 47.1 Å². The first-order chi connectivity index (χ1) is 9.02. The van der Waals surface area contributed by atoms with Gasteiger partial charge in [0, 0.05) is 13.1 Å². The number of phenolic OH excluding ortho intramolecular Hbond substituents is 1. The number of urea groups is 1. The van der Waals surface area contributed by atoms with Gasteiger partial charge in [0.1, 0.15) is 12.7 Å². The van der Waals surface area contributed by atoms with Crippen LogP contribution in [0.2, 0.25) is 0 Å². The van der Waals surface area contributed by atoms with Crippen molar-refractivity contribution in [2.45, 2.75) is 13.0 Å². The van der Waals surface area contributed by atoms with E-state index in [1.807, 2.05) is 6.92 Å². The maximum absolute atomic E-state index is 10.7. The number of ether oxygens (including phenoxy) is 1. The molecule has 7 nitrogen and oxygen atoms in total. The predicted molar refractivity (Wildman–Crippen MR) is 69.6 cm³/mol. The quantitative estimate of drug-likeness (QED) is 0.523. The first kappa shape index (κ1) is 15.1. The molecule has 1 atom stereocenters. The summed E-state index contributed by atoms with van der Waals surface area (Å²) in [6.45, 7) is 2.48. The first-order valence-corrected chi connectivity index (χ1v) is 5.92. The summed E-state index contributed by atoms with van der Waals surface area (Å²) in [7, 11) is 0. The van der Waals surface area contributed by atoms with Crippen LogP contribution in [0.5, 0.6) is 11.5 Å². The lowest BCUT2D eigenvalue weighted by molar-refractivity contribution is 0.0560. The molecule has 0 saturated heterocycles. The van der Waals surface area contributed by atoms with Crippen LogP contribution >= 0.6 is 0 Å². The number of carbonyl (C=O) groups is 1. The summed E-state index contributed by atoms with van der Waals surface area (Å²) in [4.78, 5) is 10.7. The first-order valence-electron chi connectivity index (χ1n) is 5.92. The molecular formula is C12H19N3O4. The highest BCUT2D eigenvalue weighted by molar-refractivity contribution is 5.70. The Labute approximate surface area is 111 Å². The Balaban J connectivity index is 2.40. The minimum absolute atomic E-state index is 0.00544. The third-order valence-corrected chi connectivity index (χ3v) is 2.38. The van der Waals surface area contributed by atoms with E-state index in [1.165, 1.54) is 11.1 Å². The molecule has 1 aromatic carbocycles. The summed E-state index contributed by atoms with van der Waals surface area (Å²) in [5, 5.41) is 20.7. The minimum atomic E-state index is -0.827. The van der Waals surface area contributed by atoms with Crippen molar-refractivity contribution in [3.05, 3.63) is 24.3 Å². The number of hydrazine groups is 1. The van der Waals surface area contributed by atoms with Gasteiger partial charge in [-0.1, -0.05) is 19.1 Å². The van der Waals surface area contributed by atoms with Crippen LogP contribution in [0.1, 0.15) is 6.92 Å². The summed E-state index contributed by atoms with van der Waals surface area (Å²) < 4.78 is 5.28. The molecule has 19 heavy (non-hydrogen) atoms. The highest BCUT2D eigenvalue weighted by atomic mass is 16.5. The zero-order chi connectivity index (χ0) is 14.3. The van der Waals surface area contributed by atoms with Crippen LogP contribution in [0, 0.1) is 0 Å². The van der Waals surface area contributed by atoms with E-state index >= 15 is 0 Å². The average Bonchev–Trinajstić information content (AvgIpc) is 2.36. The van der Waals surface area contributed by atoms with Crippen molar-refractivity contribution in [1.82, 2.24) is 10.4 Å². The summed E-state index contributed by atoms with van der Waals surface area (Å²) in [5.74, 6) is 0.310. The van der Waals surface area contributed by atoms with Gasteiger partial charge >= 0.3 is 6.03 Å². The van der Waals surface area contributed by atoms with Crippen LogP contribution in [0.4, 0.5) is 4.79 Å². The third-order valence-electron chi connectivity index (χ3n) is 2.38. The Morgan fingerprint density at radius 2 is 2.21 bits per heavy atom. The molecule has 0 heterocycles. The van der Waals surface area contributed by atoms with E-state index in [0.29, 0.717) is 12.3 Å². The van der Waals surface area contributed by atoms with Crippen molar-refractivity contribution < 1.29 is 19.7 Å². The number of hydrogen-bond acceptors (Lipinski definition) is 5. The summed E-state index contributed by atoms with van der Waals surface area (Å²) in [5.41, 5.74) is 7.37. The highest BCUT2D eigenvalue weighted by Gasteiger charge is 2.13. The van der Waals surface area contributed by atoms with Crippen molar-refractivity contribution in [3.8, 4) is 11.5 Å². The van der Waals surface area contributed by atoms with Crippen molar-refractivity contribution in [2.75, 3.05) is 19.7 Å². The molecule has 1 rings (SSSR count). The van der Waals surface area contributed by atoms with Gasteiger partial charge in [0.15, 0.2) is 11.5 Å². The predicted octanol–water partition coefficient (Wildman–Crippen LogP) is 0.0371. The van der Waals surface area contributed by atoms with Gasteiger partial charge in [-0.2, -0.15) is 0 Å². The minimum Gasteiger partial charge on any atom is -0.504 e. The van der Waals surface area contributed by atoms with Crippen LogP contribution < -0.4 is 15.9 Å². The zero-order valence-corrected chi connectivity index (χ0v) is 10.7. The fraction of sp³-hybridized carbons (Fsp3) is 0.417. The molecule has 1 aromatic rings. The van der Waals surface area contributed by atoms with Gasteiger partial charge in [0.05, 0.1) is 0 Å². The van der Waals surface area contributed by atoms with Crippen molar-refractivity contribution in [2.24, 2.45) is 5.73 Å². The van der Waals surface area contributed by atoms with Crippen molar-refractivity contribution >= 4 is 6.03 Å². The number of nitrogens with one attached hydrogen (secondary N) is 1. The standard InChI is InChI=1S/C12H19N3O4/c1-2-15(14-12(13)18)7-9(16)8-19-11-6-4-3-5-10(11)17/h3-6,9,16-17H,2,7-8H2,1H3,(H3,13,14,18). The summed E-state index contributed by atoms with van der Waals surface area (Å²) in [6.07, 6.45) is -0.827. The van der Waals surface area contributed by atoms with Crippen LogP contribution in [0.25, 0.3) is 0 Å². The van der Waals surface area contributed by atoms with E-state index in [2.05, 4.69) is 5.43 Å².